The average molecular weight is 620 g/mol. The van der Waals surface area contributed by atoms with E-state index in [1.807, 2.05) is 0 Å². The number of anilines is 1. The van der Waals surface area contributed by atoms with Crippen LogP contribution in [0.5, 0.6) is 0 Å². The van der Waals surface area contributed by atoms with Crippen LogP contribution in [0.15, 0.2) is 132 Å². The van der Waals surface area contributed by atoms with E-state index in [2.05, 4.69) is 145 Å². The molecule has 0 heterocycles. The van der Waals surface area contributed by atoms with Crippen molar-refractivity contribution in [2.45, 2.75) is 69.4 Å². The fraction of sp³-hybridized carbons (Fsp3) is 0.364. The second kappa shape index (κ2) is 12.8. The number of para-hydroxylation sites is 1. The SMILES string of the molecule is CNC1=CCCC=C1C(NCC1CC=CC(C)C1)C1=CCC(Nc2ccccc2-c2cccc(-c3cccc([C@]45C[C@@H]4C5)c3)c2)C=C1. The quantitative estimate of drug-likeness (QED) is 0.187. The van der Waals surface area contributed by atoms with E-state index < -0.39 is 0 Å². The highest BCUT2D eigenvalue weighted by atomic mass is 15.0. The van der Waals surface area contributed by atoms with Gasteiger partial charge in [0.25, 0.3) is 0 Å². The highest BCUT2D eigenvalue weighted by Crippen LogP contribution is 2.75. The van der Waals surface area contributed by atoms with Gasteiger partial charge in [-0.25, -0.2) is 0 Å². The molecule has 4 unspecified atom stereocenters. The van der Waals surface area contributed by atoms with Crippen LogP contribution in [-0.2, 0) is 5.41 Å². The summed E-state index contributed by atoms with van der Waals surface area (Å²) in [7, 11) is 2.06. The summed E-state index contributed by atoms with van der Waals surface area (Å²) in [5.41, 5.74) is 12.4. The van der Waals surface area contributed by atoms with Gasteiger partial charge in [0.05, 0.1) is 6.04 Å². The first-order valence-electron chi connectivity index (χ1n) is 18.0. The van der Waals surface area contributed by atoms with Gasteiger partial charge in [-0.3, -0.25) is 0 Å². The summed E-state index contributed by atoms with van der Waals surface area (Å²) >= 11 is 0. The van der Waals surface area contributed by atoms with E-state index in [4.69, 9.17) is 0 Å². The second-order valence-electron chi connectivity index (χ2n) is 14.7. The van der Waals surface area contributed by atoms with Crippen LogP contribution in [0.2, 0.25) is 0 Å². The van der Waals surface area contributed by atoms with E-state index in [1.54, 1.807) is 5.56 Å². The molecule has 5 aliphatic rings. The number of hydrogen-bond acceptors (Lipinski definition) is 3. The van der Waals surface area contributed by atoms with Crippen molar-refractivity contribution >= 4 is 5.69 Å². The van der Waals surface area contributed by atoms with Gasteiger partial charge >= 0.3 is 0 Å². The van der Waals surface area contributed by atoms with Crippen molar-refractivity contribution in [3.05, 3.63) is 138 Å². The predicted octanol–water partition coefficient (Wildman–Crippen LogP) is 9.73. The van der Waals surface area contributed by atoms with Crippen molar-refractivity contribution in [3.63, 3.8) is 0 Å². The van der Waals surface area contributed by atoms with Crippen molar-refractivity contribution < 1.29 is 0 Å². The standard InChI is InChI=1S/C44H49N3/c1-30-10-7-11-31(24-30)29-46-43(40-17-4-5-18-41(40)45-2)32-20-22-38(23-21-32)47-42-19-6-3-16-39(42)35-14-8-12-33(25-35)34-13-9-15-36(26-34)44-27-37(44)28-44/h3,6-10,12-22,25-26,30-31,37-38,43,45-47H,4-5,11,23-24,27-29H2,1-2H3/t30?,31?,37-,38?,43?,44-. The molecule has 0 saturated heterocycles. The predicted molar refractivity (Wildman–Crippen MR) is 198 cm³/mol. The van der Waals surface area contributed by atoms with Gasteiger partial charge in [0.1, 0.15) is 0 Å². The van der Waals surface area contributed by atoms with Gasteiger partial charge in [0.2, 0.25) is 0 Å². The molecule has 2 fully saturated rings. The van der Waals surface area contributed by atoms with Gasteiger partial charge in [0, 0.05) is 30.0 Å². The van der Waals surface area contributed by atoms with Crippen molar-refractivity contribution in [1.29, 1.82) is 0 Å². The number of nitrogens with one attached hydrogen (secondary N) is 3. The number of rotatable bonds is 11. The third-order valence-electron chi connectivity index (χ3n) is 11.4. The Morgan fingerprint density at radius 2 is 1.62 bits per heavy atom. The van der Waals surface area contributed by atoms with Crippen LogP contribution in [0.4, 0.5) is 5.69 Å². The molecule has 3 nitrogen and oxygen atoms in total. The van der Waals surface area contributed by atoms with Crippen molar-refractivity contribution in [3.8, 4) is 22.3 Å². The normalized spacial score (nSPS) is 28.0. The number of hydrogen-bond donors (Lipinski definition) is 3. The molecule has 0 spiro atoms. The van der Waals surface area contributed by atoms with Crippen LogP contribution in [0.25, 0.3) is 22.3 Å². The molecule has 3 N–H and O–H groups in total. The Hall–Kier alpha value is -4.08. The fourth-order valence-corrected chi connectivity index (χ4v) is 8.34. The summed E-state index contributed by atoms with van der Waals surface area (Å²) < 4.78 is 0. The van der Waals surface area contributed by atoms with E-state index >= 15 is 0 Å². The zero-order valence-electron chi connectivity index (χ0n) is 28.0. The number of likely N-dealkylation sites (N-methyl/N-ethyl adjacent to an activating group) is 1. The lowest BCUT2D eigenvalue weighted by atomic mass is 9.85. The minimum Gasteiger partial charge on any atom is -0.388 e. The van der Waals surface area contributed by atoms with Gasteiger partial charge in [-0.1, -0.05) is 110 Å². The molecule has 3 aromatic rings. The third kappa shape index (κ3) is 6.31. The molecule has 47 heavy (non-hydrogen) atoms. The largest absolute Gasteiger partial charge is 0.388 e. The molecule has 5 aliphatic carbocycles. The summed E-state index contributed by atoms with van der Waals surface area (Å²) in [5.74, 6) is 2.32. The van der Waals surface area contributed by atoms with E-state index in [9.17, 15) is 0 Å². The summed E-state index contributed by atoms with van der Waals surface area (Å²) in [4.78, 5) is 0. The Morgan fingerprint density at radius 3 is 2.40 bits per heavy atom. The summed E-state index contributed by atoms with van der Waals surface area (Å²) in [6.07, 6.45) is 25.2. The molecule has 0 bridgehead atoms. The second-order valence-corrected chi connectivity index (χ2v) is 14.7. The van der Waals surface area contributed by atoms with Gasteiger partial charge < -0.3 is 16.0 Å². The lowest BCUT2D eigenvalue weighted by molar-refractivity contribution is 0.385. The molecule has 240 valence electrons. The van der Waals surface area contributed by atoms with E-state index in [1.165, 1.54) is 70.5 Å². The maximum absolute atomic E-state index is 4.02. The first-order valence-corrected chi connectivity index (χ1v) is 18.0. The Labute approximate surface area is 281 Å². The molecule has 0 radical (unpaired) electrons. The minimum atomic E-state index is 0.200. The monoisotopic (exact) mass is 619 g/mol. The van der Waals surface area contributed by atoms with Crippen molar-refractivity contribution in [1.82, 2.24) is 10.6 Å². The van der Waals surface area contributed by atoms with Crippen LogP contribution in [0.1, 0.15) is 57.4 Å². The van der Waals surface area contributed by atoms with Gasteiger partial charge in [0.15, 0.2) is 0 Å². The lowest BCUT2D eigenvalue weighted by Gasteiger charge is -2.32. The zero-order chi connectivity index (χ0) is 31.8. The molecule has 3 aromatic carbocycles. The van der Waals surface area contributed by atoms with E-state index in [0.717, 1.165) is 31.7 Å². The smallest absolute Gasteiger partial charge is 0.0590 e. The molecule has 2 saturated carbocycles. The van der Waals surface area contributed by atoms with Crippen molar-refractivity contribution in [2.24, 2.45) is 17.8 Å². The summed E-state index contributed by atoms with van der Waals surface area (Å²) in [5, 5.41) is 11.4. The van der Waals surface area contributed by atoms with Crippen molar-refractivity contribution in [2.75, 3.05) is 18.9 Å². The molecular formula is C44H49N3. The Morgan fingerprint density at radius 1 is 0.830 bits per heavy atom. The highest BCUT2D eigenvalue weighted by molar-refractivity contribution is 5.81. The average Bonchev–Trinajstić information content (AvgIpc) is 4.02. The van der Waals surface area contributed by atoms with Gasteiger partial charge in [-0.2, -0.15) is 0 Å². The Bertz CT molecular complexity index is 1780. The maximum Gasteiger partial charge on any atom is 0.0590 e. The molecule has 0 aromatic heterocycles. The first kappa shape index (κ1) is 30.3. The third-order valence-corrected chi connectivity index (χ3v) is 11.4. The first-order chi connectivity index (χ1) is 23.1. The topological polar surface area (TPSA) is 36.1 Å². The molecule has 0 aliphatic heterocycles. The fourth-order valence-electron chi connectivity index (χ4n) is 8.34. The number of allylic oxidation sites excluding steroid dienone is 4. The highest BCUT2D eigenvalue weighted by Gasteiger charge is 2.70. The lowest BCUT2D eigenvalue weighted by Crippen LogP contribution is -2.39. The Kier molecular flexibility index (Phi) is 8.27. The van der Waals surface area contributed by atoms with E-state index in [0.29, 0.717) is 17.3 Å². The van der Waals surface area contributed by atoms with Crippen LogP contribution in [-0.4, -0.2) is 25.7 Å². The Balaban J connectivity index is 0.987. The van der Waals surface area contributed by atoms with Gasteiger partial charge in [-0.15, -0.1) is 0 Å². The summed E-state index contributed by atoms with van der Waals surface area (Å²) in [6, 6.07) is 27.6. The maximum atomic E-state index is 4.02. The molecule has 8 rings (SSSR count). The van der Waals surface area contributed by atoms with Crippen LogP contribution in [0.3, 0.4) is 0 Å². The number of benzene rings is 3. The van der Waals surface area contributed by atoms with Crippen LogP contribution >= 0.6 is 0 Å². The molecule has 0 amide bonds. The minimum absolute atomic E-state index is 0.200. The zero-order valence-corrected chi connectivity index (χ0v) is 28.0. The molecule has 3 heteroatoms. The van der Waals surface area contributed by atoms with E-state index in [-0.39, 0.29) is 12.1 Å². The van der Waals surface area contributed by atoms with Crippen LogP contribution < -0.4 is 16.0 Å². The molecular weight excluding hydrogens is 571 g/mol. The van der Waals surface area contributed by atoms with Crippen LogP contribution in [0, 0.1) is 17.8 Å². The number of fused-ring (bicyclic) bond motifs is 1. The van der Waals surface area contributed by atoms with Gasteiger partial charge in [-0.05, 0) is 120 Å². The molecule has 4 atom stereocenters. The summed E-state index contributed by atoms with van der Waals surface area (Å²) in [6.45, 7) is 3.38.